The maximum atomic E-state index is 11.4. The molecule has 1 aromatic rings. The molecule has 0 spiro atoms. The summed E-state index contributed by atoms with van der Waals surface area (Å²) in [7, 11) is -7.09. The fourth-order valence-corrected chi connectivity index (χ4v) is 3.08. The predicted molar refractivity (Wildman–Crippen MR) is 75.3 cm³/mol. The summed E-state index contributed by atoms with van der Waals surface area (Å²) in [5.41, 5.74) is 0. The van der Waals surface area contributed by atoms with Crippen molar-refractivity contribution < 1.29 is 21.6 Å². The Morgan fingerprint density at radius 1 is 1.26 bits per heavy atom. The molecule has 1 aromatic carbocycles. The molecule has 0 unspecified atom stereocenters. The minimum Gasteiger partial charge on any atom is -0.491 e. The van der Waals surface area contributed by atoms with Gasteiger partial charge in [0.15, 0.2) is 9.84 Å². The Kier molecular flexibility index (Phi) is 5.36. The SMILES string of the molecule is CCS(=O)(=O)CCOc1ccc(Br)cc1S(N)(=O)=O. The fraction of sp³-hybridized carbons (Fsp3) is 0.400. The molecule has 2 N–H and O–H groups in total. The molecule has 0 aliphatic rings. The van der Waals surface area contributed by atoms with E-state index >= 15 is 0 Å². The number of benzene rings is 1. The highest BCUT2D eigenvalue weighted by Gasteiger charge is 2.16. The highest BCUT2D eigenvalue weighted by molar-refractivity contribution is 9.10. The van der Waals surface area contributed by atoms with Gasteiger partial charge in [-0.3, -0.25) is 0 Å². The summed E-state index contributed by atoms with van der Waals surface area (Å²) >= 11 is 3.13. The van der Waals surface area contributed by atoms with Gasteiger partial charge in [-0.2, -0.15) is 0 Å². The Hall–Kier alpha value is -0.640. The van der Waals surface area contributed by atoms with Gasteiger partial charge in [-0.25, -0.2) is 22.0 Å². The van der Waals surface area contributed by atoms with E-state index in [0.717, 1.165) is 0 Å². The van der Waals surface area contributed by atoms with Crippen molar-refractivity contribution in [3.05, 3.63) is 22.7 Å². The lowest BCUT2D eigenvalue weighted by Gasteiger charge is -2.10. The average molecular weight is 372 g/mol. The smallest absolute Gasteiger partial charge is 0.241 e. The lowest BCUT2D eigenvalue weighted by Crippen LogP contribution is -2.18. The Morgan fingerprint density at radius 3 is 2.42 bits per heavy atom. The highest BCUT2D eigenvalue weighted by atomic mass is 79.9. The van der Waals surface area contributed by atoms with Crippen LogP contribution in [0.3, 0.4) is 0 Å². The molecule has 19 heavy (non-hydrogen) atoms. The molecule has 0 aliphatic carbocycles. The summed E-state index contributed by atoms with van der Waals surface area (Å²) in [6.07, 6.45) is 0. The van der Waals surface area contributed by atoms with Gasteiger partial charge in [0.05, 0.1) is 5.75 Å². The van der Waals surface area contributed by atoms with Crippen LogP contribution in [0.1, 0.15) is 6.92 Å². The topological polar surface area (TPSA) is 104 Å². The Morgan fingerprint density at radius 2 is 1.89 bits per heavy atom. The van der Waals surface area contributed by atoms with Crippen LogP contribution in [-0.2, 0) is 19.9 Å². The van der Waals surface area contributed by atoms with Crippen molar-refractivity contribution in [2.75, 3.05) is 18.1 Å². The van der Waals surface area contributed by atoms with Crippen LogP contribution < -0.4 is 9.88 Å². The van der Waals surface area contributed by atoms with Crippen LogP contribution in [0.15, 0.2) is 27.6 Å². The molecular formula is C10H14BrNO5S2. The van der Waals surface area contributed by atoms with Crippen LogP contribution >= 0.6 is 15.9 Å². The normalized spacial score (nSPS) is 12.4. The molecule has 0 saturated carbocycles. The van der Waals surface area contributed by atoms with Crippen LogP contribution in [0, 0.1) is 0 Å². The molecule has 0 radical (unpaired) electrons. The first-order valence-corrected chi connectivity index (χ1v) is 9.47. The van der Waals surface area contributed by atoms with E-state index in [4.69, 9.17) is 9.88 Å². The van der Waals surface area contributed by atoms with E-state index in [-0.39, 0.29) is 28.8 Å². The predicted octanol–water partition coefficient (Wildman–Crippen LogP) is 0.910. The molecule has 0 amide bonds. The number of nitrogens with two attached hydrogens (primary N) is 1. The third kappa shape index (κ3) is 5.09. The molecule has 0 aromatic heterocycles. The van der Waals surface area contributed by atoms with E-state index in [9.17, 15) is 16.8 Å². The first kappa shape index (κ1) is 16.4. The molecule has 0 saturated heterocycles. The van der Waals surface area contributed by atoms with Crippen LogP contribution in [0.4, 0.5) is 0 Å². The van der Waals surface area contributed by atoms with Crippen molar-refractivity contribution in [2.24, 2.45) is 5.14 Å². The standard InChI is InChI=1S/C10H14BrNO5S2/c1-2-18(13,14)6-5-17-9-4-3-8(11)7-10(9)19(12,15)16/h3-4,7H,2,5-6H2,1H3,(H2,12,15,16). The molecule has 0 bridgehead atoms. The molecule has 6 nitrogen and oxygen atoms in total. The first-order valence-electron chi connectivity index (χ1n) is 5.31. The Labute approximate surface area is 121 Å². The third-order valence-corrected chi connectivity index (χ3v) is 5.40. The zero-order valence-electron chi connectivity index (χ0n) is 10.2. The number of sulfone groups is 1. The first-order chi connectivity index (χ1) is 8.65. The summed E-state index contributed by atoms with van der Waals surface area (Å²) in [4.78, 5) is -0.184. The number of hydrogen-bond donors (Lipinski definition) is 1. The molecule has 108 valence electrons. The maximum Gasteiger partial charge on any atom is 0.241 e. The van der Waals surface area contributed by atoms with Gasteiger partial charge in [0.25, 0.3) is 0 Å². The second kappa shape index (κ2) is 6.21. The molecular weight excluding hydrogens is 358 g/mol. The summed E-state index contributed by atoms with van der Waals surface area (Å²) in [6, 6.07) is 4.31. The van der Waals surface area contributed by atoms with Crippen LogP contribution in [-0.4, -0.2) is 34.9 Å². The van der Waals surface area contributed by atoms with E-state index < -0.39 is 19.9 Å². The molecule has 0 heterocycles. The van der Waals surface area contributed by atoms with Crippen molar-refractivity contribution >= 4 is 35.8 Å². The van der Waals surface area contributed by atoms with Crippen molar-refractivity contribution in [3.8, 4) is 5.75 Å². The zero-order valence-corrected chi connectivity index (χ0v) is 13.4. The largest absolute Gasteiger partial charge is 0.491 e. The van der Waals surface area contributed by atoms with Gasteiger partial charge in [0, 0.05) is 10.2 Å². The minimum absolute atomic E-state index is 0.0126. The van der Waals surface area contributed by atoms with E-state index in [2.05, 4.69) is 15.9 Å². The van der Waals surface area contributed by atoms with Gasteiger partial charge < -0.3 is 4.74 Å². The van der Waals surface area contributed by atoms with Gasteiger partial charge in [-0.15, -0.1) is 0 Å². The Balaban J connectivity index is 2.91. The van der Waals surface area contributed by atoms with Crippen LogP contribution in [0.25, 0.3) is 0 Å². The summed E-state index contributed by atoms with van der Waals surface area (Å²) in [6.45, 7) is 1.41. The van der Waals surface area contributed by atoms with E-state index in [0.29, 0.717) is 4.47 Å². The number of rotatable bonds is 6. The average Bonchev–Trinajstić information content (AvgIpc) is 2.29. The van der Waals surface area contributed by atoms with E-state index in [1.54, 1.807) is 6.07 Å². The molecule has 1 rings (SSSR count). The maximum absolute atomic E-state index is 11.4. The summed E-state index contributed by atoms with van der Waals surface area (Å²) < 4.78 is 51.1. The van der Waals surface area contributed by atoms with Crippen LogP contribution in [0.5, 0.6) is 5.75 Å². The second-order valence-corrected chi connectivity index (χ2v) is 8.64. The van der Waals surface area contributed by atoms with Gasteiger partial charge in [-0.05, 0) is 18.2 Å². The summed E-state index contributed by atoms with van der Waals surface area (Å²) in [5, 5.41) is 5.06. The monoisotopic (exact) mass is 371 g/mol. The molecule has 0 aliphatic heterocycles. The van der Waals surface area contributed by atoms with Gasteiger partial charge in [0.1, 0.15) is 17.3 Å². The van der Waals surface area contributed by atoms with Gasteiger partial charge >= 0.3 is 0 Å². The van der Waals surface area contributed by atoms with Gasteiger partial charge in [-0.1, -0.05) is 22.9 Å². The van der Waals surface area contributed by atoms with Crippen molar-refractivity contribution in [3.63, 3.8) is 0 Å². The third-order valence-electron chi connectivity index (χ3n) is 2.30. The number of sulfonamides is 1. The zero-order chi connectivity index (χ0) is 14.7. The van der Waals surface area contributed by atoms with Crippen molar-refractivity contribution in [2.45, 2.75) is 11.8 Å². The number of ether oxygens (including phenoxy) is 1. The molecule has 9 heteroatoms. The fourth-order valence-electron chi connectivity index (χ4n) is 1.25. The second-order valence-electron chi connectivity index (χ2n) is 3.72. The van der Waals surface area contributed by atoms with E-state index in [1.165, 1.54) is 19.1 Å². The van der Waals surface area contributed by atoms with Crippen LogP contribution in [0.2, 0.25) is 0 Å². The quantitative estimate of drug-likeness (QED) is 0.800. The van der Waals surface area contributed by atoms with Crippen molar-refractivity contribution in [1.29, 1.82) is 0 Å². The number of primary sulfonamides is 1. The summed E-state index contributed by atoms with van der Waals surface area (Å²) in [5.74, 6) is -0.125. The Bertz CT molecular complexity index is 654. The molecule has 0 fully saturated rings. The lowest BCUT2D eigenvalue weighted by atomic mass is 10.3. The molecule has 0 atom stereocenters. The number of hydrogen-bond acceptors (Lipinski definition) is 5. The minimum atomic E-state index is -3.93. The highest BCUT2D eigenvalue weighted by Crippen LogP contribution is 2.26. The number of halogens is 1. The van der Waals surface area contributed by atoms with Gasteiger partial charge in [0.2, 0.25) is 10.0 Å². The van der Waals surface area contributed by atoms with Crippen molar-refractivity contribution in [1.82, 2.24) is 0 Å². The van der Waals surface area contributed by atoms with E-state index in [1.807, 2.05) is 0 Å². The lowest BCUT2D eigenvalue weighted by molar-refractivity contribution is 0.332.